The van der Waals surface area contributed by atoms with Crippen molar-refractivity contribution in [2.45, 2.75) is 25.8 Å². The van der Waals surface area contributed by atoms with Crippen molar-refractivity contribution in [3.8, 4) is 0 Å². The number of rotatable bonds is 4. The van der Waals surface area contributed by atoms with Crippen molar-refractivity contribution in [3.63, 3.8) is 0 Å². The van der Waals surface area contributed by atoms with Gasteiger partial charge in [0.1, 0.15) is 0 Å². The maximum absolute atomic E-state index is 11.3. The first-order chi connectivity index (χ1) is 7.03. The number of amides is 1. The van der Waals surface area contributed by atoms with Gasteiger partial charge in [-0.1, -0.05) is 25.1 Å². The SMILES string of the molecule is CCCCSC(=O)N[C@H]1C=CS(=O)(=O)C1. The summed E-state index contributed by atoms with van der Waals surface area (Å²) in [6.07, 6.45) is 3.57. The fourth-order valence-electron chi connectivity index (χ4n) is 1.17. The van der Waals surface area contributed by atoms with Crippen LogP contribution in [0.25, 0.3) is 0 Å². The van der Waals surface area contributed by atoms with E-state index in [1.165, 1.54) is 17.8 Å². The molecular weight excluding hydrogens is 234 g/mol. The molecule has 0 aromatic heterocycles. The topological polar surface area (TPSA) is 63.2 Å². The molecule has 0 aliphatic carbocycles. The zero-order valence-electron chi connectivity index (χ0n) is 8.60. The summed E-state index contributed by atoms with van der Waals surface area (Å²) in [5.74, 6) is 0.776. The standard InChI is InChI=1S/C9H15NO3S2/c1-2-3-5-14-9(11)10-8-4-6-15(12,13)7-8/h4,6,8H,2-3,5,7H2,1H3,(H,10,11)/t8-/m0/s1. The normalized spacial score (nSPS) is 22.9. The van der Waals surface area contributed by atoms with Crippen LogP contribution in [0.1, 0.15) is 19.8 Å². The van der Waals surface area contributed by atoms with Crippen molar-refractivity contribution in [2.75, 3.05) is 11.5 Å². The summed E-state index contributed by atoms with van der Waals surface area (Å²) in [6, 6.07) is -0.350. The maximum atomic E-state index is 11.3. The number of thioether (sulfide) groups is 1. The predicted molar refractivity (Wildman–Crippen MR) is 62.6 cm³/mol. The molecule has 86 valence electrons. The molecule has 1 atom stereocenters. The molecule has 1 aliphatic heterocycles. The molecule has 4 nitrogen and oxygen atoms in total. The van der Waals surface area contributed by atoms with Crippen molar-refractivity contribution in [1.82, 2.24) is 5.32 Å². The molecule has 6 heteroatoms. The van der Waals surface area contributed by atoms with Gasteiger partial charge in [-0.3, -0.25) is 4.79 Å². The van der Waals surface area contributed by atoms with Crippen molar-refractivity contribution in [2.24, 2.45) is 0 Å². The van der Waals surface area contributed by atoms with Gasteiger partial charge in [-0.05, 0) is 12.5 Å². The minimum absolute atomic E-state index is 0.00687. The molecule has 0 saturated heterocycles. The zero-order chi connectivity index (χ0) is 11.3. The van der Waals surface area contributed by atoms with E-state index in [0.29, 0.717) is 0 Å². The molecule has 0 spiro atoms. The molecule has 1 rings (SSSR count). The number of carbonyl (C=O) groups is 1. The van der Waals surface area contributed by atoms with Crippen molar-refractivity contribution in [3.05, 3.63) is 11.5 Å². The van der Waals surface area contributed by atoms with Crippen LogP contribution >= 0.6 is 11.8 Å². The van der Waals surface area contributed by atoms with E-state index in [9.17, 15) is 13.2 Å². The Morgan fingerprint density at radius 3 is 2.87 bits per heavy atom. The number of carbonyl (C=O) groups excluding carboxylic acids is 1. The van der Waals surface area contributed by atoms with E-state index in [1.807, 2.05) is 0 Å². The third kappa shape index (κ3) is 4.70. The van der Waals surface area contributed by atoms with Crippen LogP contribution in [0.3, 0.4) is 0 Å². The summed E-state index contributed by atoms with van der Waals surface area (Å²) in [7, 11) is -3.07. The Balaban J connectivity index is 2.26. The first kappa shape index (κ1) is 12.6. The van der Waals surface area contributed by atoms with Crippen molar-refractivity contribution in [1.29, 1.82) is 0 Å². The molecule has 0 aromatic rings. The van der Waals surface area contributed by atoms with E-state index >= 15 is 0 Å². The molecule has 1 amide bonds. The Hall–Kier alpha value is -0.490. The lowest BCUT2D eigenvalue weighted by molar-refractivity contribution is 0.259. The van der Waals surface area contributed by atoms with E-state index in [1.54, 1.807) is 0 Å². The fourth-order valence-corrected chi connectivity index (χ4v) is 3.26. The number of hydrogen-bond acceptors (Lipinski definition) is 4. The Morgan fingerprint density at radius 2 is 2.33 bits per heavy atom. The molecule has 0 unspecified atom stereocenters. The molecule has 1 N–H and O–H groups in total. The number of hydrogen-bond donors (Lipinski definition) is 1. The molecule has 1 aliphatic rings. The minimum atomic E-state index is -3.07. The maximum Gasteiger partial charge on any atom is 0.279 e. The van der Waals surface area contributed by atoms with E-state index < -0.39 is 9.84 Å². The van der Waals surface area contributed by atoms with Crippen molar-refractivity contribution >= 4 is 26.8 Å². The molecule has 0 bridgehead atoms. The summed E-state index contributed by atoms with van der Waals surface area (Å²) in [6.45, 7) is 2.06. The third-order valence-corrected chi connectivity index (χ3v) is 4.23. The second-order valence-electron chi connectivity index (χ2n) is 3.40. The first-order valence-corrected chi connectivity index (χ1v) is 7.58. The van der Waals surface area contributed by atoms with Crippen molar-refractivity contribution < 1.29 is 13.2 Å². The average molecular weight is 249 g/mol. The van der Waals surface area contributed by atoms with Crippen LogP contribution in [-0.2, 0) is 9.84 Å². The van der Waals surface area contributed by atoms with E-state index in [-0.39, 0.29) is 17.0 Å². The Bertz CT molecular complexity index is 348. The molecule has 0 aromatic carbocycles. The van der Waals surface area contributed by atoms with Gasteiger partial charge in [-0.2, -0.15) is 0 Å². The highest BCUT2D eigenvalue weighted by Gasteiger charge is 2.22. The Labute approximate surface area is 94.4 Å². The van der Waals surface area contributed by atoms with Crippen LogP contribution in [0.2, 0.25) is 0 Å². The minimum Gasteiger partial charge on any atom is -0.340 e. The van der Waals surface area contributed by atoms with E-state index in [0.717, 1.165) is 24.0 Å². The van der Waals surface area contributed by atoms with Gasteiger partial charge in [0.25, 0.3) is 5.24 Å². The average Bonchev–Trinajstić information content (AvgIpc) is 2.46. The second kappa shape index (κ2) is 5.55. The smallest absolute Gasteiger partial charge is 0.279 e. The molecule has 0 fully saturated rings. The third-order valence-electron chi connectivity index (χ3n) is 1.96. The van der Waals surface area contributed by atoms with Crippen LogP contribution in [0.4, 0.5) is 4.79 Å². The van der Waals surface area contributed by atoms with Crippen LogP contribution in [0, 0.1) is 0 Å². The lowest BCUT2D eigenvalue weighted by Gasteiger charge is -2.08. The second-order valence-corrected chi connectivity index (χ2v) is 6.40. The Kier molecular flexibility index (Phi) is 4.66. The van der Waals surface area contributed by atoms with E-state index in [2.05, 4.69) is 12.2 Å². The van der Waals surface area contributed by atoms with Gasteiger partial charge in [0.2, 0.25) is 0 Å². The highest BCUT2D eigenvalue weighted by atomic mass is 32.2. The quantitative estimate of drug-likeness (QED) is 0.768. The summed E-state index contributed by atoms with van der Waals surface area (Å²) < 4.78 is 22.1. The number of unbranched alkanes of at least 4 members (excludes halogenated alkanes) is 1. The fraction of sp³-hybridized carbons (Fsp3) is 0.667. The molecular formula is C9H15NO3S2. The Morgan fingerprint density at radius 1 is 1.60 bits per heavy atom. The molecule has 0 radical (unpaired) electrons. The van der Waals surface area contributed by atoms with Gasteiger partial charge in [0.15, 0.2) is 9.84 Å². The lowest BCUT2D eigenvalue weighted by atomic mass is 10.3. The molecule has 1 heterocycles. The summed E-state index contributed by atoms with van der Waals surface area (Å²) in [5, 5.41) is 3.67. The van der Waals surface area contributed by atoms with Gasteiger partial charge < -0.3 is 5.32 Å². The van der Waals surface area contributed by atoms with Crippen LogP contribution in [0.15, 0.2) is 11.5 Å². The molecule has 0 saturated carbocycles. The first-order valence-electron chi connectivity index (χ1n) is 4.88. The monoisotopic (exact) mass is 249 g/mol. The van der Waals surface area contributed by atoms with Gasteiger partial charge in [-0.25, -0.2) is 8.42 Å². The van der Waals surface area contributed by atoms with Crippen LogP contribution in [0.5, 0.6) is 0 Å². The van der Waals surface area contributed by atoms with Crippen LogP contribution in [-0.4, -0.2) is 31.2 Å². The predicted octanol–water partition coefficient (Wildman–Crippen LogP) is 1.54. The molecule has 15 heavy (non-hydrogen) atoms. The lowest BCUT2D eigenvalue weighted by Crippen LogP contribution is -2.33. The summed E-state index contributed by atoms with van der Waals surface area (Å²) >= 11 is 1.21. The van der Waals surface area contributed by atoms with Gasteiger partial charge >= 0.3 is 0 Å². The van der Waals surface area contributed by atoms with E-state index in [4.69, 9.17) is 0 Å². The zero-order valence-corrected chi connectivity index (χ0v) is 10.2. The van der Waals surface area contributed by atoms with Gasteiger partial charge in [0, 0.05) is 11.2 Å². The highest BCUT2D eigenvalue weighted by Crippen LogP contribution is 2.11. The number of nitrogens with one attached hydrogen (secondary N) is 1. The summed E-state index contributed by atoms with van der Waals surface area (Å²) in [4.78, 5) is 11.3. The van der Waals surface area contributed by atoms with Gasteiger partial charge in [0.05, 0.1) is 11.8 Å². The van der Waals surface area contributed by atoms with Gasteiger partial charge in [-0.15, -0.1) is 0 Å². The highest BCUT2D eigenvalue weighted by molar-refractivity contribution is 8.13. The largest absolute Gasteiger partial charge is 0.340 e. The number of sulfone groups is 1. The summed E-state index contributed by atoms with van der Waals surface area (Å²) in [5.41, 5.74) is 0. The van der Waals surface area contributed by atoms with Crippen LogP contribution < -0.4 is 5.32 Å².